The molecule has 0 aliphatic carbocycles. The van der Waals surface area contributed by atoms with Gasteiger partial charge in [0.1, 0.15) is 5.76 Å². The molecule has 9 nitrogen and oxygen atoms in total. The first-order valence-electron chi connectivity index (χ1n) is 10.7. The fourth-order valence-corrected chi connectivity index (χ4v) is 3.04. The monoisotopic (exact) mass is 430 g/mol. The molecule has 1 aromatic rings. The van der Waals surface area contributed by atoms with E-state index in [1.54, 1.807) is 12.2 Å². The first-order chi connectivity index (χ1) is 15.0. The topological polar surface area (TPSA) is 137 Å². The summed E-state index contributed by atoms with van der Waals surface area (Å²) in [5.74, 6) is 0.893. The van der Waals surface area contributed by atoms with Crippen molar-refractivity contribution in [3.8, 4) is 0 Å². The molecule has 2 heterocycles. The van der Waals surface area contributed by atoms with Crippen molar-refractivity contribution in [2.45, 2.75) is 45.6 Å². The van der Waals surface area contributed by atoms with E-state index in [1.807, 2.05) is 19.9 Å². The molecule has 1 amide bonds. The van der Waals surface area contributed by atoms with Crippen LogP contribution in [0.3, 0.4) is 0 Å². The number of nitrogens with two attached hydrogens (primary N) is 2. The zero-order valence-electron chi connectivity index (χ0n) is 18.4. The van der Waals surface area contributed by atoms with Gasteiger partial charge in [-0.05, 0) is 51.3 Å². The van der Waals surface area contributed by atoms with Crippen LogP contribution in [-0.2, 0) is 15.9 Å². The Balaban J connectivity index is 2.32. The number of carbonyl (C=O) groups excluding carboxylic acids is 1. The van der Waals surface area contributed by atoms with E-state index in [0.717, 1.165) is 19.3 Å². The number of anilines is 2. The van der Waals surface area contributed by atoms with Gasteiger partial charge in [0.05, 0.1) is 12.3 Å². The van der Waals surface area contributed by atoms with Gasteiger partial charge in [-0.3, -0.25) is 4.79 Å². The Morgan fingerprint density at radius 3 is 2.65 bits per heavy atom. The van der Waals surface area contributed by atoms with Crippen molar-refractivity contribution in [1.82, 2.24) is 9.97 Å². The SMILES string of the molecule is C=C/C(=C\C(=C/C)OCCCN)Nc1nc(NC2CCOCC2)c(CC)nc1C(N)=O. The molecular weight excluding hydrogens is 396 g/mol. The van der Waals surface area contributed by atoms with Crippen LogP contribution in [0.25, 0.3) is 0 Å². The van der Waals surface area contributed by atoms with Crippen LogP contribution < -0.4 is 22.1 Å². The molecule has 0 spiro atoms. The van der Waals surface area contributed by atoms with E-state index in [0.29, 0.717) is 55.8 Å². The van der Waals surface area contributed by atoms with Crippen LogP contribution in [0.2, 0.25) is 0 Å². The van der Waals surface area contributed by atoms with Crippen LogP contribution >= 0.6 is 0 Å². The lowest BCUT2D eigenvalue weighted by Crippen LogP contribution is -2.29. The number of ether oxygens (including phenoxy) is 2. The Morgan fingerprint density at radius 2 is 2.06 bits per heavy atom. The molecule has 1 fully saturated rings. The van der Waals surface area contributed by atoms with E-state index in [1.165, 1.54) is 0 Å². The summed E-state index contributed by atoms with van der Waals surface area (Å²) in [5.41, 5.74) is 12.5. The van der Waals surface area contributed by atoms with Gasteiger partial charge in [-0.25, -0.2) is 9.97 Å². The number of rotatable bonds is 12. The third kappa shape index (κ3) is 7.37. The Bertz CT molecular complexity index is 816. The number of primary amides is 1. The quantitative estimate of drug-likeness (QED) is 0.225. The first kappa shape index (κ1) is 24.4. The molecule has 0 bridgehead atoms. The molecule has 0 saturated carbocycles. The molecule has 6 N–H and O–H groups in total. The largest absolute Gasteiger partial charge is 0.494 e. The van der Waals surface area contributed by atoms with Crippen molar-refractivity contribution in [1.29, 1.82) is 0 Å². The summed E-state index contributed by atoms with van der Waals surface area (Å²) >= 11 is 0. The van der Waals surface area contributed by atoms with Gasteiger partial charge in [0.2, 0.25) is 0 Å². The zero-order chi connectivity index (χ0) is 22.6. The molecule has 0 aromatic carbocycles. The normalized spacial score (nSPS) is 15.5. The average Bonchev–Trinajstić information content (AvgIpc) is 2.78. The molecule has 0 unspecified atom stereocenters. The summed E-state index contributed by atoms with van der Waals surface area (Å²) in [4.78, 5) is 21.2. The minimum Gasteiger partial charge on any atom is -0.494 e. The Labute approximate surface area is 184 Å². The summed E-state index contributed by atoms with van der Waals surface area (Å²) in [7, 11) is 0. The fourth-order valence-electron chi connectivity index (χ4n) is 3.04. The predicted molar refractivity (Wildman–Crippen MR) is 123 cm³/mol. The molecule has 0 radical (unpaired) electrons. The molecule has 0 atom stereocenters. The van der Waals surface area contributed by atoms with Crippen molar-refractivity contribution in [2.75, 3.05) is 37.0 Å². The van der Waals surface area contributed by atoms with Crippen LogP contribution in [0.15, 0.2) is 36.3 Å². The highest BCUT2D eigenvalue weighted by molar-refractivity contribution is 5.96. The lowest BCUT2D eigenvalue weighted by molar-refractivity contribution is 0.0903. The second kappa shape index (κ2) is 12.7. The number of aryl methyl sites for hydroxylation is 1. The molecule has 2 rings (SSSR count). The van der Waals surface area contributed by atoms with E-state index in [4.69, 9.17) is 20.9 Å². The third-order valence-electron chi connectivity index (χ3n) is 4.78. The molecule has 31 heavy (non-hydrogen) atoms. The average molecular weight is 431 g/mol. The van der Waals surface area contributed by atoms with Crippen molar-refractivity contribution in [2.24, 2.45) is 11.5 Å². The molecule has 1 aliphatic heterocycles. The Hall–Kier alpha value is -2.91. The van der Waals surface area contributed by atoms with Crippen molar-refractivity contribution in [3.05, 3.63) is 47.7 Å². The minimum atomic E-state index is -0.656. The predicted octanol–water partition coefficient (Wildman–Crippen LogP) is 2.48. The van der Waals surface area contributed by atoms with Crippen LogP contribution in [-0.4, -0.2) is 48.3 Å². The number of carbonyl (C=O) groups is 1. The van der Waals surface area contributed by atoms with E-state index in [-0.39, 0.29) is 17.6 Å². The summed E-state index contributed by atoms with van der Waals surface area (Å²) in [5, 5.41) is 6.57. The highest BCUT2D eigenvalue weighted by Crippen LogP contribution is 2.23. The first-order valence-corrected chi connectivity index (χ1v) is 10.7. The number of hydrogen-bond acceptors (Lipinski definition) is 8. The van der Waals surface area contributed by atoms with Crippen molar-refractivity contribution >= 4 is 17.5 Å². The number of hydrogen-bond donors (Lipinski definition) is 4. The number of amides is 1. The van der Waals surface area contributed by atoms with Gasteiger partial charge in [0.15, 0.2) is 17.3 Å². The maximum atomic E-state index is 12.1. The van der Waals surface area contributed by atoms with Crippen LogP contribution in [0.5, 0.6) is 0 Å². The molecular formula is C22H34N6O3. The molecule has 1 aliphatic rings. The van der Waals surface area contributed by atoms with Gasteiger partial charge >= 0.3 is 0 Å². The summed E-state index contributed by atoms with van der Waals surface area (Å²) in [6.07, 6.45) is 8.35. The van der Waals surface area contributed by atoms with E-state index in [9.17, 15) is 4.79 Å². The second-order valence-corrected chi connectivity index (χ2v) is 7.08. The maximum absolute atomic E-state index is 12.1. The van der Waals surface area contributed by atoms with Gasteiger partial charge in [0, 0.05) is 31.0 Å². The summed E-state index contributed by atoms with van der Waals surface area (Å²) < 4.78 is 11.1. The molecule has 1 aromatic heterocycles. The maximum Gasteiger partial charge on any atom is 0.271 e. The van der Waals surface area contributed by atoms with Crippen LogP contribution in [0.1, 0.15) is 49.3 Å². The lowest BCUT2D eigenvalue weighted by Gasteiger charge is -2.25. The number of nitrogens with zero attached hydrogens (tertiary/aromatic N) is 2. The highest BCUT2D eigenvalue weighted by Gasteiger charge is 2.20. The standard InChI is InChI=1S/C22H34N6O3/c1-4-15(14-17(5-2)31-11-7-10-23)25-22-19(20(24)29)27-18(6-3)21(28-22)26-16-8-12-30-13-9-16/h4-5,14,16H,1,6-13,23H2,2-3H3,(H2,24,29)(H2,25,26,28)/b15-14+,17-5+. The Kier molecular flexibility index (Phi) is 9.99. The molecule has 170 valence electrons. The van der Waals surface area contributed by atoms with Gasteiger partial charge in [-0.15, -0.1) is 0 Å². The van der Waals surface area contributed by atoms with Crippen LogP contribution in [0.4, 0.5) is 11.6 Å². The van der Waals surface area contributed by atoms with E-state index < -0.39 is 5.91 Å². The van der Waals surface area contributed by atoms with Gasteiger partial charge in [-0.1, -0.05) is 13.5 Å². The number of allylic oxidation sites excluding steroid dienone is 3. The molecule has 1 saturated heterocycles. The summed E-state index contributed by atoms with van der Waals surface area (Å²) in [6.45, 7) is 10.1. The fraction of sp³-hybridized carbons (Fsp3) is 0.500. The molecule has 9 heteroatoms. The second-order valence-electron chi connectivity index (χ2n) is 7.08. The number of aromatic nitrogens is 2. The van der Waals surface area contributed by atoms with Crippen molar-refractivity contribution < 1.29 is 14.3 Å². The minimum absolute atomic E-state index is 0.0770. The third-order valence-corrected chi connectivity index (χ3v) is 4.78. The van der Waals surface area contributed by atoms with E-state index >= 15 is 0 Å². The lowest BCUT2D eigenvalue weighted by atomic mass is 10.1. The van der Waals surface area contributed by atoms with Gasteiger partial charge in [0.25, 0.3) is 5.91 Å². The van der Waals surface area contributed by atoms with Gasteiger partial charge in [-0.2, -0.15) is 0 Å². The van der Waals surface area contributed by atoms with Crippen LogP contribution in [0, 0.1) is 0 Å². The number of nitrogens with one attached hydrogen (secondary N) is 2. The van der Waals surface area contributed by atoms with Crippen molar-refractivity contribution in [3.63, 3.8) is 0 Å². The van der Waals surface area contributed by atoms with Gasteiger partial charge < -0.3 is 31.6 Å². The smallest absolute Gasteiger partial charge is 0.271 e. The Morgan fingerprint density at radius 1 is 1.32 bits per heavy atom. The summed E-state index contributed by atoms with van der Waals surface area (Å²) in [6, 6.07) is 0.237. The van der Waals surface area contributed by atoms with E-state index in [2.05, 4.69) is 27.2 Å². The highest BCUT2D eigenvalue weighted by atomic mass is 16.5. The zero-order valence-corrected chi connectivity index (χ0v) is 18.4.